The lowest BCUT2D eigenvalue weighted by molar-refractivity contribution is 0.195. The number of aliphatic imine (C=N–C) groups is 1. The highest BCUT2D eigenvalue weighted by Gasteiger charge is 2.20. The molecule has 0 spiro atoms. The fraction of sp³-hybridized carbons (Fsp3) is 0.381. The highest BCUT2D eigenvalue weighted by Crippen LogP contribution is 2.29. The van der Waals surface area contributed by atoms with E-state index in [1.165, 1.54) is 11.1 Å². The summed E-state index contributed by atoms with van der Waals surface area (Å²) in [5, 5.41) is 3.12. The van der Waals surface area contributed by atoms with Gasteiger partial charge in [-0.2, -0.15) is 0 Å². The largest absolute Gasteiger partial charge is 0.493 e. The molecule has 0 aromatic heterocycles. The monoisotopic (exact) mass is 496 g/mol. The molecule has 3 rings (SSSR count). The van der Waals surface area contributed by atoms with Crippen LogP contribution in [0.15, 0.2) is 47.5 Å². The van der Waals surface area contributed by atoms with Gasteiger partial charge in [0.15, 0.2) is 17.5 Å². The number of hydrogen-bond donors (Lipinski definition) is 2. The first-order valence-electron chi connectivity index (χ1n) is 9.20. The Morgan fingerprint density at radius 2 is 1.86 bits per heavy atom. The fourth-order valence-corrected chi connectivity index (χ4v) is 3.34. The van der Waals surface area contributed by atoms with E-state index in [0.29, 0.717) is 30.0 Å². The van der Waals surface area contributed by atoms with Crippen molar-refractivity contribution in [1.82, 2.24) is 4.90 Å². The van der Waals surface area contributed by atoms with Crippen LogP contribution in [0.2, 0.25) is 0 Å². The molecule has 0 saturated heterocycles. The van der Waals surface area contributed by atoms with Crippen LogP contribution in [0.1, 0.15) is 18.1 Å². The molecule has 0 radical (unpaired) electrons. The number of anilines is 1. The molecule has 1 aliphatic heterocycles. The van der Waals surface area contributed by atoms with Crippen molar-refractivity contribution in [3.8, 4) is 11.5 Å². The zero-order valence-corrected chi connectivity index (χ0v) is 19.0. The summed E-state index contributed by atoms with van der Waals surface area (Å²) in [6.07, 6.45) is 1.09. The molecular weight excluding hydrogens is 467 g/mol. The zero-order chi connectivity index (χ0) is 19.2. The first-order chi connectivity index (χ1) is 13.1. The van der Waals surface area contributed by atoms with Crippen molar-refractivity contribution >= 4 is 35.6 Å². The van der Waals surface area contributed by atoms with Gasteiger partial charge in [0.2, 0.25) is 0 Å². The van der Waals surface area contributed by atoms with Gasteiger partial charge in [0.25, 0.3) is 0 Å². The van der Waals surface area contributed by atoms with E-state index in [0.717, 1.165) is 25.2 Å². The number of benzene rings is 2. The number of hydrogen-bond acceptors (Lipinski definition) is 4. The topological polar surface area (TPSA) is 72.1 Å². The first kappa shape index (κ1) is 22.3. The number of ether oxygens (including phenoxy) is 2. The molecule has 0 bridgehead atoms. The number of nitrogens with two attached hydrogens (primary N) is 1. The molecule has 2 aromatic carbocycles. The van der Waals surface area contributed by atoms with E-state index in [4.69, 9.17) is 15.2 Å². The Labute approximate surface area is 184 Å². The molecule has 28 heavy (non-hydrogen) atoms. The quantitative estimate of drug-likeness (QED) is 0.364. The Balaban J connectivity index is 0.00000280. The van der Waals surface area contributed by atoms with E-state index in [9.17, 15) is 0 Å². The molecule has 1 atom stereocenters. The lowest BCUT2D eigenvalue weighted by Gasteiger charge is -2.33. The average molecular weight is 496 g/mol. The number of nitrogens with one attached hydrogen (secondary N) is 1. The maximum atomic E-state index is 6.07. The number of nitrogens with zero attached hydrogens (tertiary/aromatic N) is 2. The van der Waals surface area contributed by atoms with E-state index in [-0.39, 0.29) is 24.0 Å². The Bertz CT molecular complexity index is 813. The van der Waals surface area contributed by atoms with Crippen molar-refractivity contribution in [1.29, 1.82) is 0 Å². The van der Waals surface area contributed by atoms with Gasteiger partial charge in [-0.15, -0.1) is 24.0 Å². The van der Waals surface area contributed by atoms with Gasteiger partial charge >= 0.3 is 0 Å². The van der Waals surface area contributed by atoms with Crippen molar-refractivity contribution in [3.63, 3.8) is 0 Å². The lowest BCUT2D eigenvalue weighted by Crippen LogP contribution is -2.39. The minimum atomic E-state index is 0. The molecular formula is C21H29IN4O2. The van der Waals surface area contributed by atoms with Crippen LogP contribution in [-0.2, 0) is 13.0 Å². The van der Waals surface area contributed by atoms with E-state index >= 15 is 0 Å². The molecule has 3 N–H and O–H groups in total. The Hall–Kier alpha value is -2.00. The summed E-state index contributed by atoms with van der Waals surface area (Å²) >= 11 is 0. The fourth-order valence-electron chi connectivity index (χ4n) is 3.34. The van der Waals surface area contributed by atoms with Crippen LogP contribution in [0.3, 0.4) is 0 Å². The maximum absolute atomic E-state index is 6.07. The van der Waals surface area contributed by atoms with Gasteiger partial charge < -0.3 is 20.5 Å². The summed E-state index contributed by atoms with van der Waals surface area (Å²) in [6, 6.07) is 14.5. The van der Waals surface area contributed by atoms with Gasteiger partial charge in [0, 0.05) is 30.9 Å². The van der Waals surface area contributed by atoms with E-state index in [1.807, 2.05) is 18.2 Å². The zero-order valence-electron chi connectivity index (χ0n) is 16.6. The van der Waals surface area contributed by atoms with E-state index < -0.39 is 0 Å². The minimum absolute atomic E-state index is 0. The van der Waals surface area contributed by atoms with Gasteiger partial charge in [-0.3, -0.25) is 9.89 Å². The third kappa shape index (κ3) is 5.51. The van der Waals surface area contributed by atoms with Crippen LogP contribution < -0.4 is 20.5 Å². The third-order valence-electron chi connectivity index (χ3n) is 4.97. The molecule has 1 aliphatic rings. The van der Waals surface area contributed by atoms with Crippen molar-refractivity contribution < 1.29 is 9.47 Å². The Morgan fingerprint density at radius 3 is 2.57 bits per heavy atom. The van der Waals surface area contributed by atoms with Crippen LogP contribution in [0, 0.1) is 0 Å². The highest BCUT2D eigenvalue weighted by atomic mass is 127. The lowest BCUT2D eigenvalue weighted by atomic mass is 9.99. The van der Waals surface area contributed by atoms with Crippen LogP contribution in [0.25, 0.3) is 0 Å². The first-order valence-corrected chi connectivity index (χ1v) is 9.20. The predicted molar refractivity (Wildman–Crippen MR) is 125 cm³/mol. The highest BCUT2D eigenvalue weighted by molar-refractivity contribution is 14.0. The second kappa shape index (κ2) is 10.5. The number of guanidine groups is 1. The Kier molecular flexibility index (Phi) is 8.37. The predicted octanol–water partition coefficient (Wildman–Crippen LogP) is 3.50. The summed E-state index contributed by atoms with van der Waals surface area (Å²) in [4.78, 5) is 6.97. The van der Waals surface area contributed by atoms with Crippen molar-refractivity contribution in [2.45, 2.75) is 25.9 Å². The van der Waals surface area contributed by atoms with Gasteiger partial charge in [0.1, 0.15) is 0 Å². The summed E-state index contributed by atoms with van der Waals surface area (Å²) in [6.45, 7) is 4.86. The second-order valence-corrected chi connectivity index (χ2v) is 6.76. The van der Waals surface area contributed by atoms with Crippen LogP contribution in [0.4, 0.5) is 5.69 Å². The molecule has 0 amide bonds. The molecule has 0 saturated carbocycles. The molecule has 0 fully saturated rings. The SMILES string of the molecule is COc1ccc(NC(N)=NCC(C)N2CCc3ccccc3C2)cc1OC.I. The van der Waals surface area contributed by atoms with Crippen molar-refractivity contribution in [2.24, 2.45) is 10.7 Å². The average Bonchev–Trinajstić information content (AvgIpc) is 2.71. The Morgan fingerprint density at radius 1 is 1.14 bits per heavy atom. The van der Waals surface area contributed by atoms with E-state index in [2.05, 4.69) is 46.4 Å². The van der Waals surface area contributed by atoms with Gasteiger partial charge in [0.05, 0.1) is 20.8 Å². The number of rotatable bonds is 6. The maximum Gasteiger partial charge on any atom is 0.193 e. The van der Waals surface area contributed by atoms with E-state index in [1.54, 1.807) is 14.2 Å². The summed E-state index contributed by atoms with van der Waals surface area (Å²) in [5.74, 6) is 1.72. The molecule has 1 unspecified atom stereocenters. The number of halogens is 1. The molecule has 7 heteroatoms. The molecule has 0 aliphatic carbocycles. The second-order valence-electron chi connectivity index (χ2n) is 6.76. The van der Waals surface area contributed by atoms with Gasteiger partial charge in [-0.1, -0.05) is 24.3 Å². The third-order valence-corrected chi connectivity index (χ3v) is 4.97. The molecule has 1 heterocycles. The van der Waals surface area contributed by atoms with Gasteiger partial charge in [-0.05, 0) is 36.6 Å². The van der Waals surface area contributed by atoms with Crippen LogP contribution in [0.5, 0.6) is 11.5 Å². The van der Waals surface area contributed by atoms with Gasteiger partial charge in [-0.25, -0.2) is 0 Å². The minimum Gasteiger partial charge on any atom is -0.493 e. The molecule has 152 valence electrons. The summed E-state index contributed by atoms with van der Waals surface area (Å²) in [7, 11) is 3.22. The number of methoxy groups -OCH3 is 2. The smallest absolute Gasteiger partial charge is 0.193 e. The molecule has 2 aromatic rings. The van der Waals surface area contributed by atoms with Crippen molar-refractivity contribution in [3.05, 3.63) is 53.6 Å². The summed E-state index contributed by atoms with van der Waals surface area (Å²) < 4.78 is 10.6. The summed E-state index contributed by atoms with van der Waals surface area (Å²) in [5.41, 5.74) is 9.75. The van der Waals surface area contributed by atoms with Crippen LogP contribution >= 0.6 is 24.0 Å². The van der Waals surface area contributed by atoms with Crippen LogP contribution in [-0.4, -0.2) is 44.2 Å². The standard InChI is InChI=1S/C21H28N4O2.HI/c1-15(25-11-10-16-6-4-5-7-17(16)14-25)13-23-21(22)24-18-8-9-19(26-2)20(12-18)27-3;/h4-9,12,15H,10-11,13-14H2,1-3H3,(H3,22,23,24);1H. The molecule has 6 nitrogen and oxygen atoms in total. The van der Waals surface area contributed by atoms with Crippen molar-refractivity contribution in [2.75, 3.05) is 32.6 Å². The normalized spacial score (nSPS) is 15.2. The number of fused-ring (bicyclic) bond motifs is 1.